The van der Waals surface area contributed by atoms with Crippen molar-refractivity contribution in [1.82, 2.24) is 4.90 Å². The SMILES string of the molecule is C[C@@H]1CN(c2ccc(NC(=O)N3CCOCC3)cc2)C[C@@H](C)O1. The molecule has 2 aliphatic heterocycles. The van der Waals surface area contributed by atoms with Gasteiger partial charge in [0.25, 0.3) is 0 Å². The van der Waals surface area contributed by atoms with Crippen LogP contribution in [0.4, 0.5) is 16.2 Å². The summed E-state index contributed by atoms with van der Waals surface area (Å²) in [5.74, 6) is 0. The Morgan fingerprint density at radius 3 is 2.30 bits per heavy atom. The second-order valence-corrected chi connectivity index (χ2v) is 6.24. The Morgan fingerprint density at radius 2 is 1.70 bits per heavy atom. The van der Waals surface area contributed by atoms with E-state index in [4.69, 9.17) is 9.47 Å². The maximum absolute atomic E-state index is 12.2. The van der Waals surface area contributed by atoms with Crippen molar-refractivity contribution in [1.29, 1.82) is 0 Å². The van der Waals surface area contributed by atoms with Gasteiger partial charge < -0.3 is 24.6 Å². The minimum Gasteiger partial charge on any atom is -0.378 e. The fourth-order valence-corrected chi connectivity index (χ4v) is 3.11. The zero-order chi connectivity index (χ0) is 16.2. The number of hydrogen-bond acceptors (Lipinski definition) is 4. The van der Waals surface area contributed by atoms with E-state index in [1.807, 2.05) is 12.1 Å². The van der Waals surface area contributed by atoms with Gasteiger partial charge in [-0.2, -0.15) is 0 Å². The van der Waals surface area contributed by atoms with Crippen LogP contribution in [0.15, 0.2) is 24.3 Å². The lowest BCUT2D eigenvalue weighted by Crippen LogP contribution is -2.45. The second kappa shape index (κ2) is 7.19. The van der Waals surface area contributed by atoms with Gasteiger partial charge >= 0.3 is 6.03 Å². The van der Waals surface area contributed by atoms with Crippen LogP contribution in [0.2, 0.25) is 0 Å². The first-order valence-electron chi connectivity index (χ1n) is 8.26. The van der Waals surface area contributed by atoms with Crippen LogP contribution < -0.4 is 10.2 Å². The quantitative estimate of drug-likeness (QED) is 0.908. The third kappa shape index (κ3) is 4.14. The number of rotatable bonds is 2. The van der Waals surface area contributed by atoms with Crippen LogP contribution in [0.3, 0.4) is 0 Å². The maximum Gasteiger partial charge on any atom is 0.321 e. The summed E-state index contributed by atoms with van der Waals surface area (Å²) in [6.45, 7) is 8.49. The van der Waals surface area contributed by atoms with Crippen LogP contribution in [0.25, 0.3) is 0 Å². The Hall–Kier alpha value is -1.79. The molecule has 0 bridgehead atoms. The molecule has 1 N–H and O–H groups in total. The number of hydrogen-bond donors (Lipinski definition) is 1. The van der Waals surface area contributed by atoms with Gasteiger partial charge in [-0.05, 0) is 38.1 Å². The van der Waals surface area contributed by atoms with Crippen LogP contribution >= 0.6 is 0 Å². The molecule has 0 spiro atoms. The number of ether oxygens (including phenoxy) is 2. The zero-order valence-corrected chi connectivity index (χ0v) is 13.8. The molecule has 2 saturated heterocycles. The van der Waals surface area contributed by atoms with Gasteiger partial charge in [0.2, 0.25) is 0 Å². The van der Waals surface area contributed by atoms with Gasteiger partial charge in [0, 0.05) is 37.6 Å². The van der Waals surface area contributed by atoms with Crippen LogP contribution in [0, 0.1) is 0 Å². The molecule has 2 heterocycles. The van der Waals surface area contributed by atoms with Gasteiger partial charge in [-0.1, -0.05) is 0 Å². The molecule has 0 aliphatic carbocycles. The fraction of sp³-hybridized carbons (Fsp3) is 0.588. The van der Waals surface area contributed by atoms with Gasteiger partial charge in [-0.3, -0.25) is 0 Å². The van der Waals surface area contributed by atoms with Gasteiger partial charge in [-0.25, -0.2) is 4.79 Å². The van der Waals surface area contributed by atoms with E-state index >= 15 is 0 Å². The minimum absolute atomic E-state index is 0.0605. The molecule has 0 saturated carbocycles. The van der Waals surface area contributed by atoms with Crippen molar-refractivity contribution in [3.63, 3.8) is 0 Å². The number of amides is 2. The van der Waals surface area contributed by atoms with Gasteiger partial charge in [0.15, 0.2) is 0 Å². The monoisotopic (exact) mass is 319 g/mol. The van der Waals surface area contributed by atoms with E-state index < -0.39 is 0 Å². The highest BCUT2D eigenvalue weighted by Crippen LogP contribution is 2.22. The summed E-state index contributed by atoms with van der Waals surface area (Å²) in [5.41, 5.74) is 1.98. The average Bonchev–Trinajstić information content (AvgIpc) is 2.55. The Kier molecular flexibility index (Phi) is 5.03. The number of nitrogens with zero attached hydrogens (tertiary/aromatic N) is 2. The van der Waals surface area contributed by atoms with E-state index in [0.29, 0.717) is 26.3 Å². The highest BCUT2D eigenvalue weighted by atomic mass is 16.5. The minimum atomic E-state index is -0.0605. The molecule has 0 aromatic heterocycles. The van der Waals surface area contributed by atoms with Crippen molar-refractivity contribution in [2.75, 3.05) is 49.6 Å². The summed E-state index contributed by atoms with van der Waals surface area (Å²) in [4.78, 5) is 16.3. The van der Waals surface area contributed by atoms with Crippen LogP contribution in [-0.2, 0) is 9.47 Å². The van der Waals surface area contributed by atoms with Crippen molar-refractivity contribution < 1.29 is 14.3 Å². The van der Waals surface area contributed by atoms with E-state index in [9.17, 15) is 4.79 Å². The fourth-order valence-electron chi connectivity index (χ4n) is 3.11. The molecule has 0 unspecified atom stereocenters. The van der Waals surface area contributed by atoms with Crippen molar-refractivity contribution in [3.8, 4) is 0 Å². The van der Waals surface area contributed by atoms with Gasteiger partial charge in [0.05, 0.1) is 25.4 Å². The number of urea groups is 1. The molecule has 1 aromatic carbocycles. The maximum atomic E-state index is 12.2. The highest BCUT2D eigenvalue weighted by Gasteiger charge is 2.22. The molecule has 126 valence electrons. The van der Waals surface area contributed by atoms with E-state index in [1.165, 1.54) is 0 Å². The lowest BCUT2D eigenvalue weighted by Gasteiger charge is -2.37. The van der Waals surface area contributed by atoms with Crippen LogP contribution in [-0.4, -0.2) is 62.5 Å². The highest BCUT2D eigenvalue weighted by molar-refractivity contribution is 5.89. The summed E-state index contributed by atoms with van der Waals surface area (Å²) in [7, 11) is 0. The first-order valence-corrected chi connectivity index (χ1v) is 8.26. The molecule has 2 aliphatic rings. The van der Waals surface area contributed by atoms with E-state index in [2.05, 4.69) is 36.2 Å². The summed E-state index contributed by atoms with van der Waals surface area (Å²) < 4.78 is 11.0. The molecule has 6 nitrogen and oxygen atoms in total. The number of carbonyl (C=O) groups excluding carboxylic acids is 1. The predicted molar refractivity (Wildman–Crippen MR) is 90.1 cm³/mol. The first-order chi connectivity index (χ1) is 11.1. The lowest BCUT2D eigenvalue weighted by atomic mass is 10.2. The Balaban J connectivity index is 1.59. The Bertz CT molecular complexity index is 518. The lowest BCUT2D eigenvalue weighted by molar-refractivity contribution is -0.00521. The number of nitrogens with one attached hydrogen (secondary N) is 1. The second-order valence-electron chi connectivity index (χ2n) is 6.24. The molecule has 6 heteroatoms. The molecular formula is C17H25N3O3. The summed E-state index contributed by atoms with van der Waals surface area (Å²) >= 11 is 0. The summed E-state index contributed by atoms with van der Waals surface area (Å²) in [5, 5.41) is 2.95. The zero-order valence-electron chi connectivity index (χ0n) is 13.8. The molecule has 1 aromatic rings. The van der Waals surface area contributed by atoms with Crippen LogP contribution in [0.5, 0.6) is 0 Å². The molecule has 23 heavy (non-hydrogen) atoms. The number of benzene rings is 1. The van der Waals surface area contributed by atoms with Crippen molar-refractivity contribution in [3.05, 3.63) is 24.3 Å². The molecule has 3 rings (SSSR count). The average molecular weight is 319 g/mol. The number of carbonyl (C=O) groups is 1. The molecule has 0 radical (unpaired) electrons. The van der Waals surface area contributed by atoms with Crippen molar-refractivity contribution in [2.45, 2.75) is 26.1 Å². The number of morpholine rings is 2. The van der Waals surface area contributed by atoms with Crippen molar-refractivity contribution in [2.24, 2.45) is 0 Å². The predicted octanol–water partition coefficient (Wildman–Crippen LogP) is 2.16. The van der Waals surface area contributed by atoms with E-state index in [-0.39, 0.29) is 18.2 Å². The molecule has 2 amide bonds. The smallest absolute Gasteiger partial charge is 0.321 e. The Labute approximate surface area is 137 Å². The standard InChI is InChI=1S/C17H25N3O3/c1-13-11-20(12-14(2)23-13)16-5-3-15(4-6-16)18-17(21)19-7-9-22-10-8-19/h3-6,13-14H,7-12H2,1-2H3,(H,18,21)/t13-,14-/m1/s1. The third-order valence-corrected chi connectivity index (χ3v) is 4.20. The Morgan fingerprint density at radius 1 is 1.09 bits per heavy atom. The molecule has 2 atom stereocenters. The normalized spacial score (nSPS) is 25.3. The topological polar surface area (TPSA) is 54.0 Å². The molecule has 2 fully saturated rings. The molecular weight excluding hydrogens is 294 g/mol. The van der Waals surface area contributed by atoms with Gasteiger partial charge in [0.1, 0.15) is 0 Å². The van der Waals surface area contributed by atoms with Crippen LogP contribution in [0.1, 0.15) is 13.8 Å². The summed E-state index contributed by atoms with van der Waals surface area (Å²) in [6.07, 6.45) is 0.471. The van der Waals surface area contributed by atoms with E-state index in [1.54, 1.807) is 4.90 Å². The third-order valence-electron chi connectivity index (χ3n) is 4.20. The largest absolute Gasteiger partial charge is 0.378 e. The van der Waals surface area contributed by atoms with E-state index in [0.717, 1.165) is 24.5 Å². The van der Waals surface area contributed by atoms with Crippen molar-refractivity contribution >= 4 is 17.4 Å². The number of anilines is 2. The summed E-state index contributed by atoms with van der Waals surface area (Å²) in [6, 6.07) is 7.96. The van der Waals surface area contributed by atoms with Gasteiger partial charge in [-0.15, -0.1) is 0 Å². The first kappa shape index (κ1) is 16.1.